The molecule has 0 bridgehead atoms. The zero-order chi connectivity index (χ0) is 13.3. The van der Waals surface area contributed by atoms with E-state index in [0.717, 1.165) is 11.9 Å². The van der Waals surface area contributed by atoms with Crippen molar-refractivity contribution in [2.75, 3.05) is 11.6 Å². The Labute approximate surface area is 128 Å². The van der Waals surface area contributed by atoms with Crippen LogP contribution in [0.2, 0.25) is 5.02 Å². The summed E-state index contributed by atoms with van der Waals surface area (Å²) < 4.78 is -0.430. The van der Waals surface area contributed by atoms with Gasteiger partial charge in [-0.25, -0.2) is 4.79 Å². The summed E-state index contributed by atoms with van der Waals surface area (Å²) in [4.78, 5) is 13.5. The summed E-state index contributed by atoms with van der Waals surface area (Å²) in [7, 11) is 0. The van der Waals surface area contributed by atoms with Crippen LogP contribution >= 0.6 is 58.4 Å². The molecule has 0 unspecified atom stereocenters. The second-order valence-corrected chi connectivity index (χ2v) is 7.89. The molecule has 98 valence electrons. The number of carbonyl (C=O) groups excluding carboxylic acids is 1. The fourth-order valence-corrected chi connectivity index (χ4v) is 2.71. The van der Waals surface area contributed by atoms with Crippen LogP contribution in [0.25, 0.3) is 0 Å². The first-order valence-corrected chi connectivity index (χ1v) is 7.02. The van der Waals surface area contributed by atoms with Crippen LogP contribution in [0.3, 0.4) is 0 Å². The summed E-state index contributed by atoms with van der Waals surface area (Å²) in [5.74, 6) is 0. The monoisotopic (exact) mass is 345 g/mol. The minimum atomic E-state index is -1.60. The third-order valence-corrected chi connectivity index (χ3v) is 3.62. The molecule has 1 N–H and O–H groups in total. The molecule has 1 aromatic rings. The van der Waals surface area contributed by atoms with Gasteiger partial charge in [0.25, 0.3) is 3.12 Å². The van der Waals surface area contributed by atoms with E-state index in [1.54, 1.807) is 24.3 Å². The number of nitrogens with one attached hydrogen (secondary N) is 1. The van der Waals surface area contributed by atoms with Crippen molar-refractivity contribution in [3.05, 3.63) is 29.3 Å². The van der Waals surface area contributed by atoms with Gasteiger partial charge in [0.05, 0.1) is 6.67 Å². The normalized spacial score (nSPS) is 16.6. The molecule has 18 heavy (non-hydrogen) atoms. The van der Waals surface area contributed by atoms with E-state index in [2.05, 4.69) is 5.43 Å². The van der Waals surface area contributed by atoms with Crippen LogP contribution in [0.5, 0.6) is 0 Å². The molecule has 0 spiro atoms. The van der Waals surface area contributed by atoms with Gasteiger partial charge in [0, 0.05) is 22.7 Å². The Morgan fingerprint density at radius 2 is 2.06 bits per heavy atom. The molecule has 0 atom stereocenters. The maximum absolute atomic E-state index is 12.0. The van der Waals surface area contributed by atoms with Crippen molar-refractivity contribution in [3.8, 4) is 0 Å². The predicted molar refractivity (Wildman–Crippen MR) is 77.0 cm³/mol. The van der Waals surface area contributed by atoms with Gasteiger partial charge < -0.3 is 0 Å². The molecule has 1 aromatic carbocycles. The highest BCUT2D eigenvalue weighted by Crippen LogP contribution is 2.41. The minimum Gasteiger partial charge on any atom is -0.277 e. The molecule has 0 aromatic heterocycles. The summed E-state index contributed by atoms with van der Waals surface area (Å²) in [5.41, 5.74) is 3.48. The van der Waals surface area contributed by atoms with Gasteiger partial charge in [-0.2, -0.15) is 9.84 Å². The lowest BCUT2D eigenvalue weighted by Gasteiger charge is -2.19. The molecule has 0 aliphatic carbocycles. The van der Waals surface area contributed by atoms with Crippen LogP contribution in [0.1, 0.15) is 0 Å². The largest absolute Gasteiger partial charge is 0.350 e. The number of amides is 2. The predicted octanol–water partition coefficient (Wildman–Crippen LogP) is 4.02. The Morgan fingerprint density at radius 3 is 2.67 bits per heavy atom. The van der Waals surface area contributed by atoms with Crippen molar-refractivity contribution in [2.24, 2.45) is 0 Å². The van der Waals surface area contributed by atoms with Gasteiger partial charge in [0.15, 0.2) is 0 Å². The van der Waals surface area contributed by atoms with Crippen LogP contribution in [-0.2, 0) is 0 Å². The SMILES string of the molecule is O=C1N(SC(Cl)(Cl)Cl)NCN1c1cccc(Cl)c1. The number of nitrogens with zero attached hydrogens (tertiary/aromatic N) is 2. The molecule has 0 radical (unpaired) electrons. The second-order valence-electron chi connectivity index (χ2n) is 3.34. The molecular formula is C9H7Cl4N3OS. The Kier molecular flexibility index (Phi) is 4.41. The van der Waals surface area contributed by atoms with Crippen LogP contribution < -0.4 is 10.3 Å². The average molecular weight is 347 g/mol. The molecule has 1 fully saturated rings. The second kappa shape index (κ2) is 5.53. The number of hydrogen-bond acceptors (Lipinski definition) is 3. The van der Waals surface area contributed by atoms with Crippen molar-refractivity contribution in [2.45, 2.75) is 3.12 Å². The number of hydrazine groups is 1. The van der Waals surface area contributed by atoms with E-state index >= 15 is 0 Å². The first-order valence-electron chi connectivity index (χ1n) is 4.73. The van der Waals surface area contributed by atoms with Crippen LogP contribution in [0.4, 0.5) is 10.5 Å². The molecular weight excluding hydrogens is 340 g/mol. The van der Waals surface area contributed by atoms with E-state index < -0.39 is 3.12 Å². The third-order valence-electron chi connectivity index (χ3n) is 2.09. The standard InChI is InChI=1S/C9H7Cl4N3OS/c10-6-2-1-3-7(4-6)15-5-14-16(8(15)17)18-9(11,12)13/h1-4,14H,5H2. The van der Waals surface area contributed by atoms with Gasteiger partial charge in [0.1, 0.15) is 0 Å². The van der Waals surface area contributed by atoms with E-state index in [4.69, 9.17) is 46.4 Å². The van der Waals surface area contributed by atoms with Crippen molar-refractivity contribution >= 4 is 70.1 Å². The third kappa shape index (κ3) is 3.50. The molecule has 0 saturated carbocycles. The lowest BCUT2D eigenvalue weighted by atomic mass is 10.3. The summed E-state index contributed by atoms with van der Waals surface area (Å²) in [6.07, 6.45) is 0. The fourth-order valence-electron chi connectivity index (χ4n) is 1.40. The Hall–Kier alpha value is -0.0400. The molecule has 2 amide bonds. The first-order chi connectivity index (χ1) is 8.37. The highest BCUT2D eigenvalue weighted by Gasteiger charge is 2.36. The van der Waals surface area contributed by atoms with Gasteiger partial charge in [-0.3, -0.25) is 4.90 Å². The lowest BCUT2D eigenvalue weighted by molar-refractivity contribution is 0.236. The Balaban J connectivity index is 2.12. The first kappa shape index (κ1) is 14.4. The molecule has 9 heteroatoms. The molecule has 1 heterocycles. The molecule has 2 rings (SSSR count). The highest BCUT2D eigenvalue weighted by molar-refractivity contribution is 8.03. The van der Waals surface area contributed by atoms with Gasteiger partial charge in [0.2, 0.25) is 0 Å². The number of urea groups is 1. The number of alkyl halides is 3. The maximum atomic E-state index is 12.0. The zero-order valence-corrected chi connectivity index (χ0v) is 12.6. The van der Waals surface area contributed by atoms with Crippen molar-refractivity contribution in [3.63, 3.8) is 0 Å². The minimum absolute atomic E-state index is 0.285. The molecule has 1 aliphatic rings. The van der Waals surface area contributed by atoms with Gasteiger partial charge in [-0.1, -0.05) is 52.5 Å². The van der Waals surface area contributed by atoms with Crippen molar-refractivity contribution in [1.29, 1.82) is 0 Å². The number of carbonyl (C=O) groups is 1. The van der Waals surface area contributed by atoms with Crippen LogP contribution in [0, 0.1) is 0 Å². The van der Waals surface area contributed by atoms with Crippen molar-refractivity contribution < 1.29 is 4.79 Å². The number of rotatable bonds is 2. The van der Waals surface area contributed by atoms with E-state index in [1.165, 1.54) is 9.31 Å². The van der Waals surface area contributed by atoms with Crippen LogP contribution in [0.15, 0.2) is 24.3 Å². The van der Waals surface area contributed by atoms with E-state index in [-0.39, 0.29) is 12.7 Å². The highest BCUT2D eigenvalue weighted by atomic mass is 35.6. The van der Waals surface area contributed by atoms with E-state index in [9.17, 15) is 4.79 Å². The molecule has 4 nitrogen and oxygen atoms in total. The lowest BCUT2D eigenvalue weighted by Crippen LogP contribution is -2.31. The van der Waals surface area contributed by atoms with E-state index in [1.807, 2.05) is 0 Å². The number of benzene rings is 1. The van der Waals surface area contributed by atoms with Gasteiger partial charge in [-0.05, 0) is 18.2 Å². The quantitative estimate of drug-likeness (QED) is 0.648. The van der Waals surface area contributed by atoms with E-state index in [0.29, 0.717) is 10.7 Å². The molecule has 1 saturated heterocycles. The smallest absolute Gasteiger partial charge is 0.277 e. The Morgan fingerprint density at radius 1 is 1.33 bits per heavy atom. The summed E-state index contributed by atoms with van der Waals surface area (Å²) in [5, 5.41) is 0.549. The summed E-state index contributed by atoms with van der Waals surface area (Å²) >= 11 is 23.5. The molecule has 1 aliphatic heterocycles. The average Bonchev–Trinajstić information content (AvgIpc) is 2.58. The Bertz CT molecular complexity index is 467. The topological polar surface area (TPSA) is 35.6 Å². The van der Waals surface area contributed by atoms with Gasteiger partial charge >= 0.3 is 6.03 Å². The summed E-state index contributed by atoms with van der Waals surface area (Å²) in [6, 6.07) is 6.62. The zero-order valence-electron chi connectivity index (χ0n) is 8.74. The number of halogens is 4. The maximum Gasteiger partial charge on any atom is 0.350 e. The number of hydrogen-bond donors (Lipinski definition) is 1. The summed E-state index contributed by atoms with van der Waals surface area (Å²) in [6.45, 7) is 0.285. The van der Waals surface area contributed by atoms with Crippen LogP contribution in [-0.4, -0.2) is 20.2 Å². The fraction of sp³-hybridized carbons (Fsp3) is 0.222. The van der Waals surface area contributed by atoms with Gasteiger partial charge in [-0.15, -0.1) is 0 Å². The van der Waals surface area contributed by atoms with Crippen molar-refractivity contribution in [1.82, 2.24) is 9.84 Å². The number of anilines is 1.